The lowest BCUT2D eigenvalue weighted by molar-refractivity contribution is 0.298. The molecule has 0 aliphatic heterocycles. The van der Waals surface area contributed by atoms with Gasteiger partial charge in [0.2, 0.25) is 5.88 Å². The van der Waals surface area contributed by atoms with Crippen molar-refractivity contribution in [1.29, 1.82) is 0 Å². The number of nitroso groups, excluding NO2 is 1. The van der Waals surface area contributed by atoms with Crippen LogP contribution in [0.2, 0.25) is 5.02 Å². The third-order valence-corrected chi connectivity index (χ3v) is 4.11. The van der Waals surface area contributed by atoms with Crippen LogP contribution < -0.4 is 4.74 Å². The van der Waals surface area contributed by atoms with Crippen molar-refractivity contribution in [3.8, 4) is 11.6 Å². The van der Waals surface area contributed by atoms with Gasteiger partial charge in [0.05, 0.1) is 12.1 Å². The quantitative estimate of drug-likeness (QED) is 0.495. The molecule has 1 N–H and O–H groups in total. The van der Waals surface area contributed by atoms with Crippen LogP contribution >= 0.6 is 11.6 Å². The summed E-state index contributed by atoms with van der Waals surface area (Å²) >= 11 is 5.96. The van der Waals surface area contributed by atoms with Crippen molar-refractivity contribution in [2.24, 2.45) is 5.18 Å². The molecule has 0 aliphatic rings. The van der Waals surface area contributed by atoms with Gasteiger partial charge in [0.25, 0.3) is 0 Å². The van der Waals surface area contributed by atoms with E-state index in [-0.39, 0.29) is 11.6 Å². The number of ether oxygens (including phenoxy) is 1. The summed E-state index contributed by atoms with van der Waals surface area (Å²) in [5.74, 6) is 0.668. The van der Waals surface area contributed by atoms with Crippen molar-refractivity contribution in [1.82, 2.24) is 4.57 Å². The molecule has 1 aromatic heterocycles. The molecule has 0 unspecified atom stereocenters. The molecule has 5 nitrogen and oxygen atoms in total. The first-order valence-electron chi connectivity index (χ1n) is 7.63. The average molecular weight is 345 g/mol. The molecule has 3 rings (SSSR count). The van der Waals surface area contributed by atoms with Crippen LogP contribution in [0.1, 0.15) is 12.0 Å². The molecule has 0 saturated carbocycles. The minimum atomic E-state index is -0.141. The van der Waals surface area contributed by atoms with Gasteiger partial charge in [-0.05, 0) is 48.9 Å². The van der Waals surface area contributed by atoms with Crippen molar-refractivity contribution in [2.45, 2.75) is 19.9 Å². The second kappa shape index (κ2) is 6.93. The molecule has 3 aromatic rings. The molecular formula is C18H17ClN2O3. The zero-order valence-electron chi connectivity index (χ0n) is 13.2. The number of hydrogen-bond donors (Lipinski definition) is 1. The lowest BCUT2D eigenvalue weighted by Crippen LogP contribution is -2.04. The van der Waals surface area contributed by atoms with E-state index >= 15 is 0 Å². The third-order valence-electron chi connectivity index (χ3n) is 3.88. The van der Waals surface area contributed by atoms with Crippen molar-refractivity contribution in [3.05, 3.63) is 58.0 Å². The Hall–Kier alpha value is -2.53. The summed E-state index contributed by atoms with van der Waals surface area (Å²) in [4.78, 5) is 11.0. The highest BCUT2D eigenvalue weighted by molar-refractivity contribution is 6.31. The van der Waals surface area contributed by atoms with Crippen LogP contribution in [-0.4, -0.2) is 16.3 Å². The van der Waals surface area contributed by atoms with Crippen LogP contribution in [0.3, 0.4) is 0 Å². The van der Waals surface area contributed by atoms with Crippen molar-refractivity contribution >= 4 is 28.2 Å². The van der Waals surface area contributed by atoms with Crippen LogP contribution in [0.15, 0.2) is 47.6 Å². The first-order chi connectivity index (χ1) is 11.6. The van der Waals surface area contributed by atoms with Crippen LogP contribution in [0, 0.1) is 11.8 Å². The Labute approximate surface area is 144 Å². The van der Waals surface area contributed by atoms with Gasteiger partial charge in [0, 0.05) is 17.0 Å². The van der Waals surface area contributed by atoms with Crippen LogP contribution in [0.5, 0.6) is 11.6 Å². The Kier molecular flexibility index (Phi) is 4.71. The number of halogens is 1. The van der Waals surface area contributed by atoms with E-state index < -0.39 is 0 Å². The number of rotatable bonds is 6. The van der Waals surface area contributed by atoms with E-state index in [1.807, 2.05) is 31.2 Å². The summed E-state index contributed by atoms with van der Waals surface area (Å²) in [6.45, 7) is 3.03. The predicted octanol–water partition coefficient (Wildman–Crippen LogP) is 5.18. The summed E-state index contributed by atoms with van der Waals surface area (Å²) in [7, 11) is 0. The molecule has 0 amide bonds. The van der Waals surface area contributed by atoms with Crippen molar-refractivity contribution < 1.29 is 9.84 Å². The highest BCUT2D eigenvalue weighted by atomic mass is 35.5. The Morgan fingerprint density at radius 2 is 1.96 bits per heavy atom. The number of nitrogens with zero attached hydrogens (tertiary/aromatic N) is 2. The van der Waals surface area contributed by atoms with Gasteiger partial charge in [-0.2, -0.15) is 0 Å². The monoisotopic (exact) mass is 344 g/mol. The predicted molar refractivity (Wildman–Crippen MR) is 95.4 cm³/mol. The van der Waals surface area contributed by atoms with Gasteiger partial charge in [0.1, 0.15) is 5.75 Å². The zero-order valence-corrected chi connectivity index (χ0v) is 14.0. The number of aromatic hydroxyl groups is 1. The van der Waals surface area contributed by atoms with Gasteiger partial charge in [-0.25, -0.2) is 0 Å². The number of fused-ring (bicyclic) bond motifs is 1. The van der Waals surface area contributed by atoms with Crippen molar-refractivity contribution in [2.75, 3.05) is 6.61 Å². The van der Waals surface area contributed by atoms with E-state index in [0.29, 0.717) is 30.0 Å². The third kappa shape index (κ3) is 3.21. The molecule has 0 radical (unpaired) electrons. The van der Waals surface area contributed by atoms with E-state index in [2.05, 4.69) is 5.18 Å². The number of hydrogen-bond acceptors (Lipinski definition) is 4. The Morgan fingerprint density at radius 3 is 2.67 bits per heavy atom. The average Bonchev–Trinajstić information content (AvgIpc) is 2.83. The Bertz CT molecular complexity index is 872. The minimum absolute atomic E-state index is 0.0203. The van der Waals surface area contributed by atoms with Crippen LogP contribution in [0.25, 0.3) is 10.9 Å². The highest BCUT2D eigenvalue weighted by Gasteiger charge is 2.17. The molecule has 1 heterocycles. The number of benzene rings is 2. The van der Waals surface area contributed by atoms with Gasteiger partial charge in [-0.1, -0.05) is 29.3 Å². The van der Waals surface area contributed by atoms with Gasteiger partial charge in [-0.15, -0.1) is 4.91 Å². The SMILES string of the molecule is Cc1ccc(OCCCn2c(O)c(N=O)c3cc(Cl)ccc32)cc1. The second-order valence-electron chi connectivity index (χ2n) is 5.59. The molecule has 124 valence electrons. The molecule has 0 atom stereocenters. The summed E-state index contributed by atoms with van der Waals surface area (Å²) in [6.07, 6.45) is 0.673. The molecule has 0 saturated heterocycles. The topological polar surface area (TPSA) is 63.8 Å². The van der Waals surface area contributed by atoms with Gasteiger partial charge < -0.3 is 14.4 Å². The van der Waals surface area contributed by atoms with E-state index in [4.69, 9.17) is 16.3 Å². The largest absolute Gasteiger partial charge is 0.494 e. The fourth-order valence-corrected chi connectivity index (χ4v) is 2.83. The van der Waals surface area contributed by atoms with Crippen LogP contribution in [-0.2, 0) is 6.54 Å². The molecule has 0 aliphatic carbocycles. The molecular weight excluding hydrogens is 328 g/mol. The van der Waals surface area contributed by atoms with E-state index in [1.165, 1.54) is 5.56 Å². The lowest BCUT2D eigenvalue weighted by atomic mass is 10.2. The standard InChI is InChI=1S/C18H17ClN2O3/c1-12-3-6-14(7-4-12)24-10-2-9-21-16-8-5-13(19)11-15(16)17(20-23)18(21)22/h3-8,11,22H,2,9-10H2,1H3. The first kappa shape index (κ1) is 16.3. The molecule has 2 aromatic carbocycles. The number of aromatic nitrogens is 1. The van der Waals surface area contributed by atoms with E-state index in [9.17, 15) is 10.0 Å². The second-order valence-corrected chi connectivity index (χ2v) is 6.03. The Morgan fingerprint density at radius 1 is 1.21 bits per heavy atom. The van der Waals surface area contributed by atoms with Crippen LogP contribution in [0.4, 0.5) is 5.69 Å². The fourth-order valence-electron chi connectivity index (χ4n) is 2.66. The summed E-state index contributed by atoms with van der Waals surface area (Å²) in [5.41, 5.74) is 1.92. The molecule has 24 heavy (non-hydrogen) atoms. The minimum Gasteiger partial charge on any atom is -0.494 e. The van der Waals surface area contributed by atoms with E-state index in [1.54, 1.807) is 22.8 Å². The molecule has 0 fully saturated rings. The maximum Gasteiger partial charge on any atom is 0.222 e. The summed E-state index contributed by atoms with van der Waals surface area (Å²) < 4.78 is 7.34. The smallest absolute Gasteiger partial charge is 0.222 e. The first-order valence-corrected chi connectivity index (χ1v) is 8.01. The fraction of sp³-hybridized carbons (Fsp3) is 0.222. The lowest BCUT2D eigenvalue weighted by Gasteiger charge is -2.09. The molecule has 0 bridgehead atoms. The Balaban J connectivity index is 1.72. The van der Waals surface area contributed by atoms with Gasteiger partial charge in [0.15, 0.2) is 5.69 Å². The summed E-state index contributed by atoms with van der Waals surface area (Å²) in [6, 6.07) is 13.0. The number of aryl methyl sites for hydroxylation is 2. The highest BCUT2D eigenvalue weighted by Crippen LogP contribution is 2.39. The molecule has 6 heteroatoms. The normalized spacial score (nSPS) is 10.9. The summed E-state index contributed by atoms with van der Waals surface area (Å²) in [5, 5.41) is 14.2. The van der Waals surface area contributed by atoms with E-state index in [0.717, 1.165) is 11.3 Å². The molecule has 0 spiro atoms. The zero-order chi connectivity index (χ0) is 17.1. The maximum absolute atomic E-state index is 11.0. The van der Waals surface area contributed by atoms with Crippen molar-refractivity contribution in [3.63, 3.8) is 0 Å². The maximum atomic E-state index is 11.0. The van der Waals surface area contributed by atoms with Gasteiger partial charge >= 0.3 is 0 Å². The van der Waals surface area contributed by atoms with Gasteiger partial charge in [-0.3, -0.25) is 0 Å².